The number of fused-ring (bicyclic) bond motifs is 3. The van der Waals surface area contributed by atoms with Crippen molar-refractivity contribution in [3.8, 4) is 0 Å². The number of aromatic amines is 1. The highest BCUT2D eigenvalue weighted by molar-refractivity contribution is 7.80. The first-order chi connectivity index (χ1) is 15.8. The molecular formula is C22H25N7O3S. The van der Waals surface area contributed by atoms with Crippen molar-refractivity contribution in [2.24, 2.45) is 0 Å². The Morgan fingerprint density at radius 2 is 2.09 bits per heavy atom. The molecule has 4 rings (SSSR count). The van der Waals surface area contributed by atoms with E-state index >= 15 is 0 Å². The maximum absolute atomic E-state index is 13.0. The number of hydrogen-bond acceptors (Lipinski definition) is 8. The lowest BCUT2D eigenvalue weighted by Crippen LogP contribution is -2.44. The van der Waals surface area contributed by atoms with E-state index in [1.165, 1.54) is 12.4 Å². The molecule has 4 N–H and O–H groups in total. The van der Waals surface area contributed by atoms with Crippen molar-refractivity contribution in [3.05, 3.63) is 51.1 Å². The van der Waals surface area contributed by atoms with E-state index in [0.717, 1.165) is 0 Å². The van der Waals surface area contributed by atoms with Gasteiger partial charge in [0.05, 0.1) is 22.1 Å². The third-order valence-corrected chi connectivity index (χ3v) is 6.46. The highest BCUT2D eigenvalue weighted by Crippen LogP contribution is 2.28. The molecule has 1 aliphatic heterocycles. The zero-order valence-electron chi connectivity index (χ0n) is 18.3. The minimum Gasteiger partial charge on any atom is -0.393 e. The van der Waals surface area contributed by atoms with E-state index < -0.39 is 17.4 Å². The Hall–Kier alpha value is -3.44. The molecule has 0 saturated carbocycles. The van der Waals surface area contributed by atoms with Crippen molar-refractivity contribution in [3.63, 3.8) is 0 Å². The maximum atomic E-state index is 13.0. The lowest BCUT2D eigenvalue weighted by molar-refractivity contribution is 0.215. The standard InChI is InChI=1S/C22H25N7O3S/c1-12(30)21(33)28-7-5-14(6-8-28)29-19-15(20(31)27-22(29)32)11-25-17-4-3-16(26-18(17)19)13(9-23)10-24-2/h3-4,9-12,14,23-24,30H,5-8H2,1-2H3,(H,27,31,32)/b13-10+,23-9?/t12-/m1/s1. The number of aliphatic hydroxyl groups excluding tert-OH is 1. The van der Waals surface area contributed by atoms with Gasteiger partial charge in [-0.05, 0) is 31.9 Å². The molecule has 1 atom stereocenters. The number of piperidine rings is 1. The van der Waals surface area contributed by atoms with Gasteiger partial charge in [-0.25, -0.2) is 9.78 Å². The first-order valence-electron chi connectivity index (χ1n) is 10.6. The summed E-state index contributed by atoms with van der Waals surface area (Å²) < 4.78 is 1.60. The van der Waals surface area contributed by atoms with E-state index in [4.69, 9.17) is 22.6 Å². The fourth-order valence-electron chi connectivity index (χ4n) is 4.25. The van der Waals surface area contributed by atoms with Crippen molar-refractivity contribution in [1.29, 1.82) is 5.41 Å². The molecule has 3 aromatic heterocycles. The second-order valence-electron chi connectivity index (χ2n) is 7.98. The van der Waals surface area contributed by atoms with Crippen molar-refractivity contribution in [2.75, 3.05) is 20.1 Å². The largest absolute Gasteiger partial charge is 0.393 e. The number of nitrogens with zero attached hydrogens (tertiary/aromatic N) is 4. The molecule has 1 fully saturated rings. The van der Waals surface area contributed by atoms with Crippen LogP contribution in [0, 0.1) is 5.41 Å². The lowest BCUT2D eigenvalue weighted by Gasteiger charge is -2.35. The number of H-pyrrole nitrogens is 1. The highest BCUT2D eigenvalue weighted by atomic mass is 32.1. The number of aliphatic hydroxyl groups is 1. The molecule has 0 bridgehead atoms. The normalized spacial score (nSPS) is 16.2. The Kier molecular flexibility index (Phi) is 6.34. The summed E-state index contributed by atoms with van der Waals surface area (Å²) in [6.45, 7) is 2.82. The number of allylic oxidation sites excluding steroid dienone is 1. The molecular weight excluding hydrogens is 442 g/mol. The first kappa shape index (κ1) is 22.7. The third-order valence-electron chi connectivity index (χ3n) is 5.86. The van der Waals surface area contributed by atoms with Crippen LogP contribution in [0.15, 0.2) is 34.1 Å². The molecule has 0 aliphatic carbocycles. The minimum atomic E-state index is -0.709. The van der Waals surface area contributed by atoms with Crippen LogP contribution in [-0.4, -0.2) is 67.0 Å². The molecule has 0 unspecified atom stereocenters. The van der Waals surface area contributed by atoms with E-state index in [0.29, 0.717) is 58.7 Å². The summed E-state index contributed by atoms with van der Waals surface area (Å²) in [4.78, 5) is 39.6. The number of aromatic nitrogens is 4. The van der Waals surface area contributed by atoms with Gasteiger partial charge in [-0.15, -0.1) is 0 Å². The van der Waals surface area contributed by atoms with E-state index in [2.05, 4.69) is 15.3 Å². The zero-order chi connectivity index (χ0) is 23.7. The van der Waals surface area contributed by atoms with Gasteiger partial charge >= 0.3 is 5.69 Å². The molecule has 1 saturated heterocycles. The lowest BCUT2D eigenvalue weighted by atomic mass is 10.0. The second kappa shape index (κ2) is 9.20. The summed E-state index contributed by atoms with van der Waals surface area (Å²) in [5, 5.41) is 20.7. The predicted molar refractivity (Wildman–Crippen MR) is 132 cm³/mol. The zero-order valence-corrected chi connectivity index (χ0v) is 19.1. The third kappa shape index (κ3) is 4.16. The number of likely N-dealkylation sites (tertiary alicyclic amines) is 1. The smallest absolute Gasteiger partial charge is 0.329 e. The number of nitrogens with one attached hydrogen (secondary N) is 3. The summed E-state index contributed by atoms with van der Waals surface area (Å²) in [7, 11) is 1.73. The Labute approximate surface area is 194 Å². The molecule has 0 aromatic carbocycles. The van der Waals surface area contributed by atoms with Crippen LogP contribution >= 0.6 is 12.2 Å². The van der Waals surface area contributed by atoms with Crippen LogP contribution in [0.5, 0.6) is 0 Å². The molecule has 1 aliphatic rings. The van der Waals surface area contributed by atoms with Crippen LogP contribution in [0.4, 0.5) is 0 Å². The molecule has 11 heteroatoms. The molecule has 10 nitrogen and oxygen atoms in total. The predicted octanol–water partition coefficient (Wildman–Crippen LogP) is 1.19. The van der Waals surface area contributed by atoms with Crippen LogP contribution < -0.4 is 16.6 Å². The Balaban J connectivity index is 1.89. The molecule has 172 valence electrons. The van der Waals surface area contributed by atoms with Gasteiger partial charge in [-0.3, -0.25) is 19.3 Å². The summed E-state index contributed by atoms with van der Waals surface area (Å²) in [5.74, 6) is 0. The molecule has 0 amide bonds. The highest BCUT2D eigenvalue weighted by Gasteiger charge is 2.27. The summed E-state index contributed by atoms with van der Waals surface area (Å²) >= 11 is 5.32. The van der Waals surface area contributed by atoms with Gasteiger partial charge in [-0.1, -0.05) is 12.2 Å². The quantitative estimate of drug-likeness (QED) is 0.249. The molecule has 0 radical (unpaired) electrons. The topological polar surface area (TPSA) is 140 Å². The van der Waals surface area contributed by atoms with Gasteiger partial charge in [0.15, 0.2) is 0 Å². The van der Waals surface area contributed by atoms with Crippen LogP contribution in [-0.2, 0) is 0 Å². The van der Waals surface area contributed by atoms with E-state index in [1.807, 2.05) is 4.90 Å². The summed E-state index contributed by atoms with van der Waals surface area (Å²) in [6, 6.07) is 3.33. The first-order valence-corrected chi connectivity index (χ1v) is 11.1. The number of thiocarbonyl (C=S) groups is 1. The maximum Gasteiger partial charge on any atom is 0.329 e. The SMILES string of the molecule is CN/C=C(\C=N)c1ccc2ncc3c(=O)[nH]c(=O)n(C4CCN(C(=S)[C@@H](C)O)CC4)c3c2n1. The van der Waals surface area contributed by atoms with E-state index in [9.17, 15) is 14.7 Å². The van der Waals surface area contributed by atoms with E-state index in [1.54, 1.807) is 36.9 Å². The van der Waals surface area contributed by atoms with Crippen LogP contribution in [0.1, 0.15) is 31.5 Å². The molecule has 3 aromatic rings. The monoisotopic (exact) mass is 467 g/mol. The molecule has 33 heavy (non-hydrogen) atoms. The van der Waals surface area contributed by atoms with Crippen LogP contribution in [0.25, 0.3) is 27.5 Å². The van der Waals surface area contributed by atoms with E-state index in [-0.39, 0.29) is 11.4 Å². The molecule has 4 heterocycles. The summed E-state index contributed by atoms with van der Waals surface area (Å²) in [5.41, 5.74) is 1.47. The number of hydrogen-bond donors (Lipinski definition) is 4. The molecule has 0 spiro atoms. The summed E-state index contributed by atoms with van der Waals surface area (Å²) in [6.07, 6.45) is 4.82. The van der Waals surface area contributed by atoms with Gasteiger partial charge < -0.3 is 20.7 Å². The Morgan fingerprint density at radius 1 is 1.36 bits per heavy atom. The average Bonchev–Trinajstić information content (AvgIpc) is 2.82. The fourth-order valence-corrected chi connectivity index (χ4v) is 4.43. The Bertz CT molecular complexity index is 1380. The Morgan fingerprint density at radius 3 is 2.73 bits per heavy atom. The van der Waals surface area contributed by atoms with Gasteiger partial charge in [0, 0.05) is 50.4 Å². The minimum absolute atomic E-state index is 0.184. The van der Waals surface area contributed by atoms with Crippen molar-refractivity contribution >= 4 is 50.9 Å². The average molecular weight is 468 g/mol. The van der Waals surface area contributed by atoms with Crippen LogP contribution in [0.3, 0.4) is 0 Å². The second-order valence-corrected chi connectivity index (χ2v) is 8.40. The van der Waals surface area contributed by atoms with Crippen LogP contribution in [0.2, 0.25) is 0 Å². The van der Waals surface area contributed by atoms with Gasteiger partial charge in [0.25, 0.3) is 5.56 Å². The number of pyridine rings is 2. The van der Waals surface area contributed by atoms with Gasteiger partial charge in [-0.2, -0.15) is 0 Å². The number of rotatable bonds is 5. The van der Waals surface area contributed by atoms with Gasteiger partial charge in [0.2, 0.25) is 0 Å². The van der Waals surface area contributed by atoms with Crippen molar-refractivity contribution in [1.82, 2.24) is 29.7 Å². The van der Waals surface area contributed by atoms with Crippen molar-refractivity contribution in [2.45, 2.75) is 31.9 Å². The fraction of sp³-hybridized carbons (Fsp3) is 0.364. The van der Waals surface area contributed by atoms with Crippen molar-refractivity contribution < 1.29 is 5.11 Å². The van der Waals surface area contributed by atoms with Gasteiger partial charge in [0.1, 0.15) is 16.6 Å².